The number of aryl methyl sites for hydroxylation is 2. The Hall–Kier alpha value is -2.73. The molecule has 0 amide bonds. The zero-order chi connectivity index (χ0) is 18.9. The lowest BCUT2D eigenvalue weighted by Gasteiger charge is -2.16. The van der Waals surface area contributed by atoms with Gasteiger partial charge in [0.2, 0.25) is 0 Å². The number of benzene rings is 3. The highest BCUT2D eigenvalue weighted by Gasteiger charge is 2.21. The molecule has 0 N–H and O–H groups in total. The van der Waals surface area contributed by atoms with Gasteiger partial charge in [-0.2, -0.15) is 8.42 Å². The SMILES string of the molecule is COc1c(C)cc(OC)c2c(OS(=O)(=O)c3ccc(C)cc3)cccc12. The van der Waals surface area contributed by atoms with Gasteiger partial charge < -0.3 is 13.7 Å². The van der Waals surface area contributed by atoms with Crippen LogP contribution in [0.5, 0.6) is 17.2 Å². The van der Waals surface area contributed by atoms with Crippen LogP contribution in [0.15, 0.2) is 53.4 Å². The van der Waals surface area contributed by atoms with Crippen LogP contribution in [0.4, 0.5) is 0 Å². The summed E-state index contributed by atoms with van der Waals surface area (Å²) in [5.41, 5.74) is 1.85. The van der Waals surface area contributed by atoms with E-state index in [0.29, 0.717) is 16.9 Å². The van der Waals surface area contributed by atoms with Crippen LogP contribution in [0.25, 0.3) is 10.8 Å². The summed E-state index contributed by atoms with van der Waals surface area (Å²) < 4.78 is 41.8. The van der Waals surface area contributed by atoms with Crippen LogP contribution in [0.3, 0.4) is 0 Å². The summed E-state index contributed by atoms with van der Waals surface area (Å²) in [5.74, 6) is 1.37. The maximum Gasteiger partial charge on any atom is 0.339 e. The smallest absolute Gasteiger partial charge is 0.339 e. The maximum atomic E-state index is 12.7. The van der Waals surface area contributed by atoms with E-state index in [0.717, 1.165) is 16.5 Å². The highest BCUT2D eigenvalue weighted by Crippen LogP contribution is 2.42. The Balaban J connectivity index is 2.18. The first kappa shape index (κ1) is 18.1. The van der Waals surface area contributed by atoms with Crippen molar-refractivity contribution in [1.82, 2.24) is 0 Å². The van der Waals surface area contributed by atoms with Gasteiger partial charge in [0.05, 0.1) is 19.6 Å². The van der Waals surface area contributed by atoms with Crippen molar-refractivity contribution < 1.29 is 22.1 Å². The maximum absolute atomic E-state index is 12.7. The molecule has 0 heterocycles. The predicted molar refractivity (Wildman–Crippen MR) is 101 cm³/mol. The number of rotatable bonds is 5. The number of hydrogen-bond donors (Lipinski definition) is 0. The van der Waals surface area contributed by atoms with Crippen molar-refractivity contribution in [3.05, 3.63) is 59.7 Å². The third-order valence-electron chi connectivity index (χ3n) is 4.16. The molecule has 0 saturated carbocycles. The fourth-order valence-corrected chi connectivity index (χ4v) is 3.83. The van der Waals surface area contributed by atoms with Gasteiger partial charge in [-0.05, 0) is 43.7 Å². The van der Waals surface area contributed by atoms with E-state index in [1.165, 1.54) is 19.2 Å². The van der Waals surface area contributed by atoms with Gasteiger partial charge in [0, 0.05) is 5.39 Å². The monoisotopic (exact) mass is 372 g/mol. The Morgan fingerprint density at radius 1 is 0.846 bits per heavy atom. The quantitative estimate of drug-likeness (QED) is 0.627. The van der Waals surface area contributed by atoms with Crippen molar-refractivity contribution in [3.8, 4) is 17.2 Å². The molecule has 5 nitrogen and oxygen atoms in total. The van der Waals surface area contributed by atoms with E-state index < -0.39 is 10.1 Å². The lowest BCUT2D eigenvalue weighted by molar-refractivity contribution is 0.407. The number of ether oxygens (including phenoxy) is 2. The van der Waals surface area contributed by atoms with Crippen molar-refractivity contribution in [2.24, 2.45) is 0 Å². The van der Waals surface area contributed by atoms with Crippen LogP contribution in [0.2, 0.25) is 0 Å². The van der Waals surface area contributed by atoms with Gasteiger partial charge in [-0.15, -0.1) is 0 Å². The molecule has 3 aromatic carbocycles. The lowest BCUT2D eigenvalue weighted by atomic mass is 10.0. The minimum atomic E-state index is -3.97. The van der Waals surface area contributed by atoms with Crippen LogP contribution < -0.4 is 13.7 Å². The molecule has 0 aliphatic heterocycles. The van der Waals surface area contributed by atoms with Crippen LogP contribution in [0.1, 0.15) is 11.1 Å². The number of hydrogen-bond acceptors (Lipinski definition) is 5. The Morgan fingerprint density at radius 3 is 2.15 bits per heavy atom. The molecule has 136 valence electrons. The molecule has 0 bridgehead atoms. The molecule has 0 saturated heterocycles. The second kappa shape index (κ2) is 6.88. The third kappa shape index (κ3) is 3.20. The summed E-state index contributed by atoms with van der Waals surface area (Å²) >= 11 is 0. The topological polar surface area (TPSA) is 61.8 Å². The first-order valence-corrected chi connectivity index (χ1v) is 9.43. The van der Waals surface area contributed by atoms with E-state index in [9.17, 15) is 8.42 Å². The molecule has 0 unspecified atom stereocenters. The fraction of sp³-hybridized carbons (Fsp3) is 0.200. The van der Waals surface area contributed by atoms with E-state index >= 15 is 0 Å². The van der Waals surface area contributed by atoms with Gasteiger partial charge in [-0.1, -0.05) is 29.8 Å². The predicted octanol–water partition coefficient (Wildman–Crippen LogP) is 4.24. The molecule has 0 spiro atoms. The first-order valence-electron chi connectivity index (χ1n) is 8.03. The van der Waals surface area contributed by atoms with Crippen LogP contribution in [-0.4, -0.2) is 22.6 Å². The molecular formula is C20H20O5S. The Bertz CT molecular complexity index is 1050. The summed E-state index contributed by atoms with van der Waals surface area (Å²) in [4.78, 5) is 0.0955. The molecule has 0 aliphatic rings. The number of methoxy groups -OCH3 is 2. The molecule has 6 heteroatoms. The summed E-state index contributed by atoms with van der Waals surface area (Å²) in [6.07, 6.45) is 0. The van der Waals surface area contributed by atoms with Gasteiger partial charge in [-0.25, -0.2) is 0 Å². The second-order valence-electron chi connectivity index (χ2n) is 5.96. The first-order chi connectivity index (χ1) is 12.4. The van der Waals surface area contributed by atoms with Gasteiger partial charge in [0.25, 0.3) is 0 Å². The molecule has 0 aliphatic carbocycles. The minimum absolute atomic E-state index is 0.0955. The van der Waals surface area contributed by atoms with Crippen molar-refractivity contribution in [2.75, 3.05) is 14.2 Å². The standard InChI is InChI=1S/C20H20O5S/c1-13-8-10-15(11-9-13)26(21,22)25-17-7-5-6-16-19(17)18(23-3)12-14(2)20(16)24-4/h5-12H,1-4H3. The molecule has 3 aromatic rings. The average molecular weight is 372 g/mol. The summed E-state index contributed by atoms with van der Waals surface area (Å²) in [6, 6.07) is 13.5. The largest absolute Gasteiger partial charge is 0.496 e. The zero-order valence-corrected chi connectivity index (χ0v) is 15.9. The van der Waals surface area contributed by atoms with Gasteiger partial charge in [0.1, 0.15) is 16.4 Å². The Kier molecular flexibility index (Phi) is 4.78. The third-order valence-corrected chi connectivity index (χ3v) is 5.40. The Morgan fingerprint density at radius 2 is 1.54 bits per heavy atom. The summed E-state index contributed by atoms with van der Waals surface area (Å²) in [6.45, 7) is 3.79. The van der Waals surface area contributed by atoms with Crippen molar-refractivity contribution in [3.63, 3.8) is 0 Å². The Labute approximate surface area is 153 Å². The zero-order valence-electron chi connectivity index (χ0n) is 15.1. The molecular weight excluding hydrogens is 352 g/mol. The average Bonchev–Trinajstić information content (AvgIpc) is 2.61. The molecule has 0 radical (unpaired) electrons. The molecule has 0 fully saturated rings. The van der Waals surface area contributed by atoms with Crippen LogP contribution >= 0.6 is 0 Å². The van der Waals surface area contributed by atoms with E-state index in [-0.39, 0.29) is 10.6 Å². The second-order valence-corrected chi connectivity index (χ2v) is 7.50. The van der Waals surface area contributed by atoms with Crippen molar-refractivity contribution >= 4 is 20.9 Å². The van der Waals surface area contributed by atoms with Crippen LogP contribution in [-0.2, 0) is 10.1 Å². The fourth-order valence-electron chi connectivity index (χ4n) is 2.89. The molecule has 26 heavy (non-hydrogen) atoms. The van der Waals surface area contributed by atoms with Gasteiger partial charge in [-0.3, -0.25) is 0 Å². The molecule has 0 atom stereocenters. The molecule has 3 rings (SSSR count). The van der Waals surface area contributed by atoms with Gasteiger partial charge >= 0.3 is 10.1 Å². The van der Waals surface area contributed by atoms with E-state index in [2.05, 4.69) is 0 Å². The van der Waals surface area contributed by atoms with Crippen LogP contribution in [0, 0.1) is 13.8 Å². The van der Waals surface area contributed by atoms with E-state index in [1.54, 1.807) is 37.4 Å². The van der Waals surface area contributed by atoms with E-state index in [4.69, 9.17) is 13.7 Å². The lowest BCUT2D eigenvalue weighted by Crippen LogP contribution is -2.10. The van der Waals surface area contributed by atoms with Crippen molar-refractivity contribution in [2.45, 2.75) is 18.7 Å². The number of fused-ring (bicyclic) bond motifs is 1. The summed E-state index contributed by atoms with van der Waals surface area (Å²) in [7, 11) is -0.865. The van der Waals surface area contributed by atoms with Gasteiger partial charge in [0.15, 0.2) is 5.75 Å². The normalized spacial score (nSPS) is 11.4. The highest BCUT2D eigenvalue weighted by atomic mass is 32.2. The highest BCUT2D eigenvalue weighted by molar-refractivity contribution is 7.87. The minimum Gasteiger partial charge on any atom is -0.496 e. The van der Waals surface area contributed by atoms with E-state index in [1.807, 2.05) is 19.9 Å². The summed E-state index contributed by atoms with van der Waals surface area (Å²) in [5, 5.41) is 1.27. The molecule has 0 aromatic heterocycles. The van der Waals surface area contributed by atoms with Crippen molar-refractivity contribution in [1.29, 1.82) is 0 Å².